The molecule has 1 aliphatic heterocycles. The van der Waals surface area contributed by atoms with Crippen LogP contribution < -0.4 is 4.74 Å². The Bertz CT molecular complexity index is 832. The van der Waals surface area contributed by atoms with Crippen molar-refractivity contribution in [3.63, 3.8) is 0 Å². The third-order valence-corrected chi connectivity index (χ3v) is 6.61. The summed E-state index contributed by atoms with van der Waals surface area (Å²) < 4.78 is 32.7. The highest BCUT2D eigenvalue weighted by atomic mass is 35.5. The average Bonchev–Trinajstić information content (AvgIpc) is 2.63. The predicted octanol–water partition coefficient (Wildman–Crippen LogP) is 3.03. The molecular weight excluding hydrogens is 372 g/mol. The van der Waals surface area contributed by atoms with E-state index in [1.807, 2.05) is 31.2 Å². The number of benzene rings is 2. The van der Waals surface area contributed by atoms with Crippen molar-refractivity contribution in [1.82, 2.24) is 9.21 Å². The molecule has 0 radical (unpaired) electrons. The van der Waals surface area contributed by atoms with Crippen LogP contribution in [0.1, 0.15) is 5.56 Å². The Labute approximate surface area is 160 Å². The number of rotatable bonds is 6. The standard InChI is InChI=1S/C19H23ClN2O3S/c1-16-3-2-4-18(15-16)25-14-13-21-9-11-22(12-10-21)26(23,24)19-7-5-17(20)6-8-19/h2-8,15H,9-14H2,1H3. The summed E-state index contributed by atoms with van der Waals surface area (Å²) >= 11 is 5.84. The summed E-state index contributed by atoms with van der Waals surface area (Å²) in [6.07, 6.45) is 0. The minimum atomic E-state index is -3.45. The lowest BCUT2D eigenvalue weighted by atomic mass is 10.2. The van der Waals surface area contributed by atoms with Crippen LogP contribution in [-0.4, -0.2) is 57.0 Å². The zero-order chi connectivity index (χ0) is 18.6. The Kier molecular flexibility index (Phi) is 6.19. The first kappa shape index (κ1) is 19.2. The van der Waals surface area contributed by atoms with E-state index >= 15 is 0 Å². The van der Waals surface area contributed by atoms with Gasteiger partial charge in [0.1, 0.15) is 12.4 Å². The van der Waals surface area contributed by atoms with Crippen molar-refractivity contribution < 1.29 is 13.2 Å². The van der Waals surface area contributed by atoms with Crippen LogP contribution in [0.2, 0.25) is 5.02 Å². The van der Waals surface area contributed by atoms with E-state index in [4.69, 9.17) is 16.3 Å². The largest absolute Gasteiger partial charge is 0.492 e. The molecule has 1 fully saturated rings. The van der Waals surface area contributed by atoms with Crippen LogP contribution in [-0.2, 0) is 10.0 Å². The minimum absolute atomic E-state index is 0.290. The molecule has 0 spiro atoms. The lowest BCUT2D eigenvalue weighted by Gasteiger charge is -2.33. The maximum Gasteiger partial charge on any atom is 0.243 e. The molecule has 3 rings (SSSR count). The van der Waals surface area contributed by atoms with Crippen molar-refractivity contribution in [3.8, 4) is 5.75 Å². The molecule has 0 bridgehead atoms. The number of piperazine rings is 1. The van der Waals surface area contributed by atoms with E-state index in [1.54, 1.807) is 24.3 Å². The molecule has 0 atom stereocenters. The molecule has 0 amide bonds. The second kappa shape index (κ2) is 8.39. The summed E-state index contributed by atoms with van der Waals surface area (Å²) in [5.41, 5.74) is 1.17. The van der Waals surface area contributed by atoms with Crippen LogP contribution in [0.5, 0.6) is 5.75 Å². The second-order valence-corrected chi connectivity index (χ2v) is 8.74. The molecular formula is C19H23ClN2O3S. The monoisotopic (exact) mass is 394 g/mol. The van der Waals surface area contributed by atoms with E-state index in [0.29, 0.717) is 37.8 Å². The fourth-order valence-electron chi connectivity index (χ4n) is 2.95. The van der Waals surface area contributed by atoms with E-state index in [-0.39, 0.29) is 4.90 Å². The summed E-state index contributed by atoms with van der Waals surface area (Å²) in [6, 6.07) is 14.3. The fourth-order valence-corrected chi connectivity index (χ4v) is 4.50. The normalized spacial score (nSPS) is 16.5. The molecule has 26 heavy (non-hydrogen) atoms. The summed E-state index contributed by atoms with van der Waals surface area (Å²) in [5, 5.41) is 0.530. The van der Waals surface area contributed by atoms with Gasteiger partial charge in [0.25, 0.3) is 0 Å². The highest BCUT2D eigenvalue weighted by molar-refractivity contribution is 7.89. The first-order chi connectivity index (χ1) is 12.4. The lowest BCUT2D eigenvalue weighted by Crippen LogP contribution is -2.49. The van der Waals surface area contributed by atoms with Crippen LogP contribution in [0.4, 0.5) is 0 Å². The van der Waals surface area contributed by atoms with Gasteiger partial charge < -0.3 is 4.74 Å². The van der Waals surface area contributed by atoms with Crippen LogP contribution in [0.25, 0.3) is 0 Å². The first-order valence-electron chi connectivity index (χ1n) is 8.63. The molecule has 0 N–H and O–H groups in total. The molecule has 2 aromatic carbocycles. The highest BCUT2D eigenvalue weighted by Gasteiger charge is 2.28. The van der Waals surface area contributed by atoms with Crippen molar-refractivity contribution in [2.75, 3.05) is 39.3 Å². The number of hydrogen-bond acceptors (Lipinski definition) is 4. The zero-order valence-corrected chi connectivity index (χ0v) is 16.3. The van der Waals surface area contributed by atoms with Crippen molar-refractivity contribution in [3.05, 3.63) is 59.1 Å². The van der Waals surface area contributed by atoms with Gasteiger partial charge >= 0.3 is 0 Å². The smallest absolute Gasteiger partial charge is 0.243 e. The van der Waals surface area contributed by atoms with Gasteiger partial charge in [-0.15, -0.1) is 0 Å². The van der Waals surface area contributed by atoms with Crippen LogP contribution >= 0.6 is 11.6 Å². The summed E-state index contributed by atoms with van der Waals surface area (Å²) in [6.45, 7) is 5.77. The second-order valence-electron chi connectivity index (χ2n) is 6.36. The Morgan fingerprint density at radius 2 is 1.73 bits per heavy atom. The maximum atomic E-state index is 12.7. The number of ether oxygens (including phenoxy) is 1. The van der Waals surface area contributed by atoms with Gasteiger partial charge in [-0.25, -0.2) is 8.42 Å². The summed E-state index contributed by atoms with van der Waals surface area (Å²) in [5.74, 6) is 0.869. The molecule has 5 nitrogen and oxygen atoms in total. The molecule has 2 aromatic rings. The van der Waals surface area contributed by atoms with Gasteiger partial charge in [-0.3, -0.25) is 4.90 Å². The van der Waals surface area contributed by atoms with Gasteiger partial charge in [0, 0.05) is 37.7 Å². The first-order valence-corrected chi connectivity index (χ1v) is 10.4. The number of nitrogens with zero attached hydrogens (tertiary/aromatic N) is 2. The number of halogens is 1. The van der Waals surface area contributed by atoms with Crippen LogP contribution in [0.3, 0.4) is 0 Å². The molecule has 140 valence electrons. The quantitative estimate of drug-likeness (QED) is 0.755. The van der Waals surface area contributed by atoms with E-state index in [9.17, 15) is 8.42 Å². The number of hydrogen-bond donors (Lipinski definition) is 0. The molecule has 1 heterocycles. The SMILES string of the molecule is Cc1cccc(OCCN2CCN(S(=O)(=O)c3ccc(Cl)cc3)CC2)c1. The van der Waals surface area contributed by atoms with Crippen molar-refractivity contribution in [2.24, 2.45) is 0 Å². The number of aryl methyl sites for hydroxylation is 1. The molecule has 1 aliphatic rings. The van der Waals surface area contributed by atoms with E-state index in [1.165, 1.54) is 9.87 Å². The minimum Gasteiger partial charge on any atom is -0.492 e. The lowest BCUT2D eigenvalue weighted by molar-refractivity contribution is 0.159. The Morgan fingerprint density at radius 3 is 2.38 bits per heavy atom. The van der Waals surface area contributed by atoms with Gasteiger partial charge in [0.05, 0.1) is 4.90 Å². The van der Waals surface area contributed by atoms with Crippen LogP contribution in [0, 0.1) is 6.92 Å². The van der Waals surface area contributed by atoms with Gasteiger partial charge in [-0.1, -0.05) is 23.7 Å². The van der Waals surface area contributed by atoms with E-state index in [0.717, 1.165) is 12.3 Å². The Hall–Kier alpha value is -1.60. The fraction of sp³-hybridized carbons (Fsp3) is 0.368. The third kappa shape index (κ3) is 4.76. The van der Waals surface area contributed by atoms with Crippen molar-refractivity contribution in [2.45, 2.75) is 11.8 Å². The van der Waals surface area contributed by atoms with Crippen LogP contribution in [0.15, 0.2) is 53.4 Å². The zero-order valence-electron chi connectivity index (χ0n) is 14.8. The molecule has 7 heteroatoms. The van der Waals surface area contributed by atoms with Crippen molar-refractivity contribution >= 4 is 21.6 Å². The van der Waals surface area contributed by atoms with E-state index in [2.05, 4.69) is 4.90 Å². The maximum absolute atomic E-state index is 12.7. The van der Waals surface area contributed by atoms with E-state index < -0.39 is 10.0 Å². The van der Waals surface area contributed by atoms with Gasteiger partial charge in [0.2, 0.25) is 10.0 Å². The number of sulfonamides is 1. The molecule has 0 saturated carbocycles. The summed E-state index contributed by atoms with van der Waals surface area (Å²) in [4.78, 5) is 2.52. The average molecular weight is 395 g/mol. The topological polar surface area (TPSA) is 49.9 Å². The Balaban J connectivity index is 1.48. The van der Waals surface area contributed by atoms with Gasteiger partial charge in [-0.2, -0.15) is 4.31 Å². The van der Waals surface area contributed by atoms with Crippen molar-refractivity contribution in [1.29, 1.82) is 0 Å². The Morgan fingerprint density at radius 1 is 1.04 bits per heavy atom. The summed E-state index contributed by atoms with van der Waals surface area (Å²) in [7, 11) is -3.45. The molecule has 0 aliphatic carbocycles. The molecule has 0 aromatic heterocycles. The molecule has 0 unspecified atom stereocenters. The highest BCUT2D eigenvalue weighted by Crippen LogP contribution is 2.20. The van der Waals surface area contributed by atoms with Gasteiger partial charge in [0.15, 0.2) is 0 Å². The third-order valence-electron chi connectivity index (χ3n) is 4.45. The predicted molar refractivity (Wildman–Crippen MR) is 103 cm³/mol. The molecule has 1 saturated heterocycles. The van der Waals surface area contributed by atoms with Gasteiger partial charge in [-0.05, 0) is 48.9 Å².